The zero-order valence-electron chi connectivity index (χ0n) is 17.4. The van der Waals surface area contributed by atoms with Crippen molar-refractivity contribution in [3.63, 3.8) is 0 Å². The second-order valence-corrected chi connectivity index (χ2v) is 7.33. The summed E-state index contributed by atoms with van der Waals surface area (Å²) in [5, 5.41) is 26.7. The third-order valence-corrected chi connectivity index (χ3v) is 5.10. The summed E-state index contributed by atoms with van der Waals surface area (Å²) in [6.45, 7) is 1.81. The Labute approximate surface area is 194 Å². The van der Waals surface area contributed by atoms with Crippen molar-refractivity contribution < 1.29 is 4.92 Å². The number of nitro groups is 1. The molecular weight excluding hydrogens is 442 g/mol. The highest BCUT2D eigenvalue weighted by Gasteiger charge is 2.24. The van der Waals surface area contributed by atoms with E-state index in [1.807, 2.05) is 37.3 Å². The van der Waals surface area contributed by atoms with E-state index < -0.39 is 4.92 Å². The van der Waals surface area contributed by atoms with Crippen LogP contribution in [0.5, 0.6) is 0 Å². The highest BCUT2D eigenvalue weighted by molar-refractivity contribution is 6.31. The Bertz CT molecular complexity index is 1310. The van der Waals surface area contributed by atoms with Crippen molar-refractivity contribution in [3.8, 4) is 0 Å². The monoisotopic (exact) mass is 459 g/mol. The lowest BCUT2D eigenvalue weighted by Gasteiger charge is -2.12. The highest BCUT2D eigenvalue weighted by Crippen LogP contribution is 2.35. The molecule has 2 N–H and O–H groups in total. The zero-order valence-corrected chi connectivity index (χ0v) is 18.2. The van der Waals surface area contributed by atoms with Crippen LogP contribution in [-0.4, -0.2) is 14.9 Å². The lowest BCUT2D eigenvalue weighted by atomic mass is 10.2. The molecule has 1 aromatic heterocycles. The van der Waals surface area contributed by atoms with Crippen LogP contribution in [0.2, 0.25) is 5.02 Å². The number of rotatable bonds is 7. The summed E-state index contributed by atoms with van der Waals surface area (Å²) >= 11 is 6.16. The molecule has 10 heteroatoms. The van der Waals surface area contributed by atoms with E-state index in [1.165, 1.54) is 6.33 Å². The molecule has 1 heterocycles. The summed E-state index contributed by atoms with van der Waals surface area (Å²) in [4.78, 5) is 19.4. The van der Waals surface area contributed by atoms with Gasteiger partial charge >= 0.3 is 5.69 Å². The predicted molar refractivity (Wildman–Crippen MR) is 129 cm³/mol. The Morgan fingerprint density at radius 1 is 0.848 bits per heavy atom. The van der Waals surface area contributed by atoms with Crippen molar-refractivity contribution in [2.45, 2.75) is 6.92 Å². The first-order valence-electron chi connectivity index (χ1n) is 9.86. The lowest BCUT2D eigenvalue weighted by molar-refractivity contribution is -0.383. The van der Waals surface area contributed by atoms with Crippen LogP contribution in [0.1, 0.15) is 5.56 Å². The van der Waals surface area contributed by atoms with Crippen LogP contribution in [0.25, 0.3) is 0 Å². The van der Waals surface area contributed by atoms with Crippen LogP contribution in [0.3, 0.4) is 0 Å². The molecule has 0 radical (unpaired) electrons. The van der Waals surface area contributed by atoms with Crippen molar-refractivity contribution in [3.05, 3.63) is 99.8 Å². The van der Waals surface area contributed by atoms with E-state index >= 15 is 0 Å². The maximum Gasteiger partial charge on any atom is 0.353 e. The van der Waals surface area contributed by atoms with Gasteiger partial charge in [-0.3, -0.25) is 10.1 Å². The van der Waals surface area contributed by atoms with Gasteiger partial charge in [-0.15, -0.1) is 0 Å². The van der Waals surface area contributed by atoms with Gasteiger partial charge in [0.25, 0.3) is 0 Å². The molecule has 3 aromatic carbocycles. The topological polar surface area (TPSA) is 118 Å². The molecule has 0 unspecified atom stereocenters. The number of nitrogens with zero attached hydrogens (tertiary/aromatic N) is 5. The molecule has 0 aliphatic rings. The van der Waals surface area contributed by atoms with Crippen LogP contribution in [-0.2, 0) is 0 Å². The fourth-order valence-electron chi connectivity index (χ4n) is 2.96. The first kappa shape index (κ1) is 21.8. The first-order chi connectivity index (χ1) is 16.0. The summed E-state index contributed by atoms with van der Waals surface area (Å²) in [5.41, 5.74) is 3.06. The number of aromatic nitrogens is 2. The van der Waals surface area contributed by atoms with E-state index in [2.05, 4.69) is 30.8 Å². The van der Waals surface area contributed by atoms with E-state index in [9.17, 15) is 10.1 Å². The maximum atomic E-state index is 11.8. The van der Waals surface area contributed by atoms with Gasteiger partial charge in [-0.05, 0) is 61.0 Å². The number of anilines is 4. The zero-order chi connectivity index (χ0) is 23.2. The molecule has 164 valence electrons. The minimum Gasteiger partial charge on any atom is -0.334 e. The maximum absolute atomic E-state index is 11.8. The molecule has 0 fully saturated rings. The molecule has 0 bridgehead atoms. The second-order valence-electron chi connectivity index (χ2n) is 6.92. The van der Waals surface area contributed by atoms with Gasteiger partial charge in [-0.1, -0.05) is 35.9 Å². The van der Waals surface area contributed by atoms with E-state index in [1.54, 1.807) is 42.5 Å². The Balaban J connectivity index is 1.56. The van der Waals surface area contributed by atoms with E-state index in [0.717, 1.165) is 11.3 Å². The third-order valence-electron chi connectivity index (χ3n) is 4.69. The highest BCUT2D eigenvalue weighted by atomic mass is 35.5. The molecule has 4 aromatic rings. The van der Waals surface area contributed by atoms with E-state index in [4.69, 9.17) is 11.6 Å². The summed E-state index contributed by atoms with van der Waals surface area (Å²) in [5.74, 6) is 0.104. The Morgan fingerprint density at radius 2 is 1.48 bits per heavy atom. The van der Waals surface area contributed by atoms with Crippen molar-refractivity contribution in [2.75, 3.05) is 10.6 Å². The number of benzene rings is 3. The molecule has 0 spiro atoms. The summed E-state index contributed by atoms with van der Waals surface area (Å²) in [7, 11) is 0. The van der Waals surface area contributed by atoms with Crippen molar-refractivity contribution in [1.82, 2.24) is 9.97 Å². The van der Waals surface area contributed by atoms with Gasteiger partial charge in [-0.25, -0.2) is 9.97 Å². The number of azo groups is 1. The summed E-state index contributed by atoms with van der Waals surface area (Å²) < 4.78 is 0. The third kappa shape index (κ3) is 5.28. The molecule has 9 nitrogen and oxygen atoms in total. The molecule has 0 saturated carbocycles. The van der Waals surface area contributed by atoms with Gasteiger partial charge in [0.15, 0.2) is 0 Å². The second kappa shape index (κ2) is 9.84. The number of halogens is 1. The van der Waals surface area contributed by atoms with Crippen molar-refractivity contribution in [1.29, 1.82) is 0 Å². The van der Waals surface area contributed by atoms with Gasteiger partial charge in [0.2, 0.25) is 11.6 Å². The Kier molecular flexibility index (Phi) is 6.51. The first-order valence-corrected chi connectivity index (χ1v) is 10.2. The SMILES string of the molecule is Cc1c(Cl)cccc1Nc1ncnc(Nc2ccc(N=Nc3ccccc3)cc2)c1[N+](=O)[O-]. The average Bonchev–Trinajstić information content (AvgIpc) is 2.82. The molecule has 4 rings (SSSR count). The molecule has 0 amide bonds. The molecule has 0 aliphatic carbocycles. The quantitative estimate of drug-likeness (QED) is 0.171. The Morgan fingerprint density at radius 3 is 2.15 bits per heavy atom. The molecule has 33 heavy (non-hydrogen) atoms. The standard InChI is InChI=1S/C23H18ClN7O2/c1-15-19(24)8-5-9-20(15)28-23-21(31(32)33)22(25-14-26-23)27-16-10-12-18(13-11-16)30-29-17-6-3-2-4-7-17/h2-14H,1H3,(H2,25,26,27,28). The normalized spacial score (nSPS) is 10.8. The summed E-state index contributed by atoms with van der Waals surface area (Å²) in [6.07, 6.45) is 1.25. The smallest absolute Gasteiger partial charge is 0.334 e. The number of hydrogen-bond donors (Lipinski definition) is 2. The van der Waals surface area contributed by atoms with Crippen molar-refractivity contribution in [2.24, 2.45) is 10.2 Å². The fourth-order valence-corrected chi connectivity index (χ4v) is 3.14. The van der Waals surface area contributed by atoms with E-state index in [-0.39, 0.29) is 17.3 Å². The van der Waals surface area contributed by atoms with Crippen LogP contribution in [0, 0.1) is 17.0 Å². The van der Waals surface area contributed by atoms with Gasteiger partial charge in [0.1, 0.15) is 6.33 Å². The molecule has 0 saturated heterocycles. The Hall–Kier alpha value is -4.37. The number of hydrogen-bond acceptors (Lipinski definition) is 8. The van der Waals surface area contributed by atoms with Crippen LogP contribution >= 0.6 is 11.6 Å². The van der Waals surface area contributed by atoms with Gasteiger partial charge in [-0.2, -0.15) is 10.2 Å². The van der Waals surface area contributed by atoms with Gasteiger partial charge < -0.3 is 10.6 Å². The average molecular weight is 460 g/mol. The number of nitrogens with one attached hydrogen (secondary N) is 2. The van der Waals surface area contributed by atoms with Gasteiger partial charge in [0.05, 0.1) is 16.3 Å². The molecule has 0 atom stereocenters. The minimum atomic E-state index is -0.535. The molecular formula is C23H18ClN7O2. The largest absolute Gasteiger partial charge is 0.353 e. The minimum absolute atomic E-state index is 0.0517. The van der Waals surface area contributed by atoms with Crippen LogP contribution in [0.15, 0.2) is 89.4 Å². The fraction of sp³-hybridized carbons (Fsp3) is 0.0435. The van der Waals surface area contributed by atoms with E-state index in [0.29, 0.717) is 22.1 Å². The summed E-state index contributed by atoms with van der Waals surface area (Å²) in [6, 6.07) is 21.6. The lowest BCUT2D eigenvalue weighted by Crippen LogP contribution is -2.06. The van der Waals surface area contributed by atoms with Crippen LogP contribution in [0.4, 0.5) is 40.1 Å². The predicted octanol–water partition coefficient (Wildman–Crippen LogP) is 7.25. The van der Waals surface area contributed by atoms with Gasteiger partial charge in [0, 0.05) is 16.4 Å². The van der Waals surface area contributed by atoms with Crippen molar-refractivity contribution >= 4 is 51.7 Å². The van der Waals surface area contributed by atoms with Crippen LogP contribution < -0.4 is 10.6 Å². The molecule has 0 aliphatic heterocycles.